The van der Waals surface area contributed by atoms with Crippen LogP contribution in [0.25, 0.3) is 0 Å². The van der Waals surface area contributed by atoms with Crippen molar-refractivity contribution >= 4 is 5.91 Å². The van der Waals surface area contributed by atoms with E-state index in [-0.39, 0.29) is 37.3 Å². The summed E-state index contributed by atoms with van der Waals surface area (Å²) in [6, 6.07) is 9.49. The Kier molecular flexibility index (Phi) is 9.47. The second-order valence-electron chi connectivity index (χ2n) is 10.9. The summed E-state index contributed by atoms with van der Waals surface area (Å²) in [6.07, 6.45) is 3.23. The molecule has 1 fully saturated rings. The van der Waals surface area contributed by atoms with Gasteiger partial charge in [0.15, 0.2) is 0 Å². The van der Waals surface area contributed by atoms with Crippen LogP contribution in [0.3, 0.4) is 0 Å². The van der Waals surface area contributed by atoms with Crippen molar-refractivity contribution in [2.45, 2.75) is 90.0 Å². The number of carbonyl (C=O) groups is 1. The van der Waals surface area contributed by atoms with Crippen LogP contribution in [0.1, 0.15) is 104 Å². The number of carbonyl (C=O) groups excluding carboxylic acids is 1. The van der Waals surface area contributed by atoms with E-state index in [1.165, 1.54) is 5.56 Å². The molecule has 2 atom stereocenters. The Morgan fingerprint density at radius 2 is 1.87 bits per heavy atom. The average molecular weight is 532 g/mol. The van der Waals surface area contributed by atoms with Crippen LogP contribution < -0.4 is 5.32 Å². The fourth-order valence-corrected chi connectivity index (χ4v) is 5.99. The van der Waals surface area contributed by atoms with Crippen molar-refractivity contribution in [2.24, 2.45) is 11.8 Å². The van der Waals surface area contributed by atoms with Gasteiger partial charge in [0.05, 0.1) is 35.9 Å². The molecular formula is C30H40F3N3O2. The second-order valence-corrected chi connectivity index (χ2v) is 10.9. The Morgan fingerprint density at radius 1 is 1.16 bits per heavy atom. The molecule has 208 valence electrons. The quantitative estimate of drug-likeness (QED) is 0.366. The molecule has 0 spiro atoms. The Morgan fingerprint density at radius 3 is 2.47 bits per heavy atom. The average Bonchev–Trinajstić information content (AvgIpc) is 3.26. The molecule has 2 aliphatic rings. The van der Waals surface area contributed by atoms with Crippen LogP contribution >= 0.6 is 0 Å². The van der Waals surface area contributed by atoms with Crippen LogP contribution in [0.2, 0.25) is 0 Å². The van der Waals surface area contributed by atoms with Crippen LogP contribution in [-0.4, -0.2) is 40.2 Å². The third-order valence-corrected chi connectivity index (χ3v) is 8.27. The number of aliphatic hydroxyl groups excluding tert-OH is 1. The number of pyridine rings is 1. The summed E-state index contributed by atoms with van der Waals surface area (Å²) in [5, 5.41) is 12.9. The standard InChI is InChI=1S/C30H40F3N3O2/c1-3-5-6-20-7-11-22(12-8-20)26(19-37)35-29(38)23-15-24-18-36(27(4-2)28(24)34-16-23)17-21-9-13-25(14-10-21)30(31,32)33/h7-8,11-12,15-16,21,25-27,37H,3-6,9-10,13-14,17-19H2,1-2H3,(H,35,38)/t21?,25?,26-,27-/m0/s1. The molecule has 1 saturated carbocycles. The number of rotatable bonds is 10. The summed E-state index contributed by atoms with van der Waals surface area (Å²) in [7, 11) is 0. The van der Waals surface area contributed by atoms with E-state index in [0.29, 0.717) is 24.9 Å². The van der Waals surface area contributed by atoms with Crippen molar-refractivity contribution < 1.29 is 23.1 Å². The van der Waals surface area contributed by atoms with E-state index in [1.807, 2.05) is 30.3 Å². The molecule has 4 rings (SSSR count). The van der Waals surface area contributed by atoms with Gasteiger partial charge in [-0.1, -0.05) is 44.5 Å². The van der Waals surface area contributed by atoms with E-state index >= 15 is 0 Å². The first-order valence-corrected chi connectivity index (χ1v) is 14.0. The number of unbranched alkanes of at least 4 members (excludes halogenated alkanes) is 1. The van der Waals surface area contributed by atoms with Gasteiger partial charge in [0.1, 0.15) is 0 Å². The lowest BCUT2D eigenvalue weighted by atomic mass is 9.81. The SMILES string of the molecule is CCCCc1ccc([C@H](CO)NC(=O)c2cnc3c(c2)CN(CC2CCC(C(F)(F)F)CC2)[C@H]3CC)cc1. The molecule has 1 aromatic carbocycles. The number of hydrogen-bond donors (Lipinski definition) is 2. The lowest BCUT2D eigenvalue weighted by molar-refractivity contribution is -0.184. The van der Waals surface area contributed by atoms with Gasteiger partial charge in [-0.25, -0.2) is 0 Å². The fourth-order valence-electron chi connectivity index (χ4n) is 5.99. The maximum absolute atomic E-state index is 13.1. The molecule has 2 N–H and O–H groups in total. The molecule has 2 heterocycles. The van der Waals surface area contributed by atoms with Crippen molar-refractivity contribution in [3.05, 3.63) is 64.5 Å². The minimum absolute atomic E-state index is 0.110. The van der Waals surface area contributed by atoms with E-state index in [2.05, 4.69) is 29.0 Å². The molecule has 8 heteroatoms. The maximum Gasteiger partial charge on any atom is 0.391 e. The number of fused-ring (bicyclic) bond motifs is 1. The summed E-state index contributed by atoms with van der Waals surface area (Å²) in [5.41, 5.74) is 4.49. The van der Waals surface area contributed by atoms with E-state index in [4.69, 9.17) is 0 Å². The van der Waals surface area contributed by atoms with Gasteiger partial charge in [-0.3, -0.25) is 14.7 Å². The van der Waals surface area contributed by atoms with Gasteiger partial charge in [0.25, 0.3) is 5.91 Å². The van der Waals surface area contributed by atoms with Gasteiger partial charge in [0, 0.05) is 19.3 Å². The first-order valence-electron chi connectivity index (χ1n) is 14.0. The molecule has 0 unspecified atom stereocenters. The van der Waals surface area contributed by atoms with Crippen LogP contribution in [0.15, 0.2) is 36.5 Å². The highest BCUT2D eigenvalue weighted by molar-refractivity contribution is 5.94. The summed E-state index contributed by atoms with van der Waals surface area (Å²) >= 11 is 0. The number of alkyl halides is 3. The first-order chi connectivity index (χ1) is 18.2. The summed E-state index contributed by atoms with van der Waals surface area (Å²) < 4.78 is 39.2. The molecular weight excluding hydrogens is 491 g/mol. The Hall–Kier alpha value is -2.45. The third-order valence-electron chi connectivity index (χ3n) is 8.27. The highest BCUT2D eigenvalue weighted by Gasteiger charge is 2.42. The number of benzene rings is 1. The second kappa shape index (κ2) is 12.6. The monoisotopic (exact) mass is 531 g/mol. The van der Waals surface area contributed by atoms with Gasteiger partial charge in [0.2, 0.25) is 0 Å². The molecule has 0 saturated heterocycles. The molecule has 1 aliphatic heterocycles. The Labute approximate surface area is 223 Å². The first kappa shape index (κ1) is 28.6. The number of aliphatic hydroxyl groups is 1. The van der Waals surface area contributed by atoms with Crippen molar-refractivity contribution in [1.82, 2.24) is 15.2 Å². The van der Waals surface area contributed by atoms with Crippen molar-refractivity contribution in [3.8, 4) is 0 Å². The number of aromatic nitrogens is 1. The summed E-state index contributed by atoms with van der Waals surface area (Å²) in [6.45, 7) is 5.44. The normalized spacial score (nSPS) is 22.7. The molecule has 0 bridgehead atoms. The Balaban J connectivity index is 1.38. The zero-order chi connectivity index (χ0) is 27.3. The van der Waals surface area contributed by atoms with Gasteiger partial charge >= 0.3 is 6.18 Å². The zero-order valence-corrected chi connectivity index (χ0v) is 22.4. The highest BCUT2D eigenvalue weighted by atomic mass is 19.4. The predicted molar refractivity (Wildman–Crippen MR) is 142 cm³/mol. The topological polar surface area (TPSA) is 65.5 Å². The molecule has 1 amide bonds. The lowest BCUT2D eigenvalue weighted by Crippen LogP contribution is -2.33. The molecule has 5 nitrogen and oxygen atoms in total. The molecule has 0 radical (unpaired) electrons. The minimum Gasteiger partial charge on any atom is -0.394 e. The van der Waals surface area contributed by atoms with Crippen LogP contribution in [0, 0.1) is 11.8 Å². The number of hydrogen-bond acceptors (Lipinski definition) is 4. The summed E-state index contributed by atoms with van der Waals surface area (Å²) in [5.74, 6) is -1.20. The van der Waals surface area contributed by atoms with E-state index < -0.39 is 18.1 Å². The van der Waals surface area contributed by atoms with Crippen LogP contribution in [-0.2, 0) is 13.0 Å². The minimum atomic E-state index is -4.09. The summed E-state index contributed by atoms with van der Waals surface area (Å²) in [4.78, 5) is 20.1. The van der Waals surface area contributed by atoms with Crippen molar-refractivity contribution in [2.75, 3.05) is 13.2 Å². The van der Waals surface area contributed by atoms with E-state index in [1.54, 1.807) is 6.20 Å². The number of nitrogens with zero attached hydrogens (tertiary/aromatic N) is 2. The van der Waals surface area contributed by atoms with Crippen LogP contribution in [0.5, 0.6) is 0 Å². The lowest BCUT2D eigenvalue weighted by Gasteiger charge is -2.33. The zero-order valence-electron chi connectivity index (χ0n) is 22.4. The smallest absolute Gasteiger partial charge is 0.391 e. The number of halogens is 3. The Bertz CT molecular complexity index is 1070. The number of aryl methyl sites for hydroxylation is 1. The third kappa shape index (κ3) is 6.75. The van der Waals surface area contributed by atoms with Gasteiger partial charge in [-0.05, 0) is 73.6 Å². The molecule has 1 aromatic heterocycles. The van der Waals surface area contributed by atoms with Crippen LogP contribution in [0.4, 0.5) is 13.2 Å². The van der Waals surface area contributed by atoms with E-state index in [9.17, 15) is 23.1 Å². The highest BCUT2D eigenvalue weighted by Crippen LogP contribution is 2.42. The van der Waals surface area contributed by atoms with Crippen molar-refractivity contribution in [1.29, 1.82) is 0 Å². The largest absolute Gasteiger partial charge is 0.394 e. The maximum atomic E-state index is 13.1. The molecule has 38 heavy (non-hydrogen) atoms. The molecule has 2 aromatic rings. The fraction of sp³-hybridized carbons (Fsp3) is 0.600. The van der Waals surface area contributed by atoms with Crippen molar-refractivity contribution in [3.63, 3.8) is 0 Å². The predicted octanol–water partition coefficient (Wildman–Crippen LogP) is 6.52. The van der Waals surface area contributed by atoms with Gasteiger partial charge in [-0.15, -0.1) is 0 Å². The van der Waals surface area contributed by atoms with Gasteiger partial charge in [-0.2, -0.15) is 13.2 Å². The van der Waals surface area contributed by atoms with E-state index in [0.717, 1.165) is 49.0 Å². The van der Waals surface area contributed by atoms with Gasteiger partial charge < -0.3 is 10.4 Å². The number of nitrogens with one attached hydrogen (secondary N) is 1. The molecule has 1 aliphatic carbocycles. The number of amides is 1.